The van der Waals surface area contributed by atoms with Gasteiger partial charge in [0, 0.05) is 6.54 Å². The van der Waals surface area contributed by atoms with E-state index in [0.717, 1.165) is 6.42 Å². The highest BCUT2D eigenvalue weighted by molar-refractivity contribution is 6.29. The van der Waals surface area contributed by atoms with Crippen LogP contribution in [0.15, 0.2) is 16.5 Å². The quantitative estimate of drug-likeness (QED) is 0.820. The fourth-order valence-electron chi connectivity index (χ4n) is 1.40. The topological polar surface area (TPSA) is 79.5 Å². The summed E-state index contributed by atoms with van der Waals surface area (Å²) in [4.78, 5) is 22.4. The van der Waals surface area contributed by atoms with Gasteiger partial charge in [0.2, 0.25) is 0 Å². The summed E-state index contributed by atoms with van der Waals surface area (Å²) >= 11 is 5.53. The number of furan rings is 1. The fraction of sp³-hybridized carbons (Fsp3) is 0.455. The zero-order valence-electron chi connectivity index (χ0n) is 9.40. The molecule has 1 aromatic heterocycles. The molecule has 1 amide bonds. The molecule has 0 aliphatic rings. The Hall–Kier alpha value is -1.49. The summed E-state index contributed by atoms with van der Waals surface area (Å²) in [5.41, 5.74) is 0. The van der Waals surface area contributed by atoms with E-state index in [4.69, 9.17) is 21.1 Å². The van der Waals surface area contributed by atoms with Crippen molar-refractivity contribution >= 4 is 23.5 Å². The molecule has 1 unspecified atom stereocenters. The first-order chi connectivity index (χ1) is 8.04. The number of carbonyl (C=O) groups is 2. The third-order valence-corrected chi connectivity index (χ3v) is 2.50. The number of rotatable bonds is 6. The molecule has 6 heteroatoms. The molecule has 1 atom stereocenters. The first-order valence-corrected chi connectivity index (χ1v) is 5.68. The Kier molecular flexibility index (Phi) is 5.03. The highest BCUT2D eigenvalue weighted by atomic mass is 35.5. The van der Waals surface area contributed by atoms with Crippen LogP contribution in [0.1, 0.15) is 30.3 Å². The first-order valence-electron chi connectivity index (χ1n) is 5.31. The minimum absolute atomic E-state index is 0.0793. The zero-order valence-corrected chi connectivity index (χ0v) is 10.2. The molecule has 0 aliphatic heterocycles. The van der Waals surface area contributed by atoms with Crippen molar-refractivity contribution in [2.45, 2.75) is 19.8 Å². The van der Waals surface area contributed by atoms with Crippen LogP contribution in [0, 0.1) is 5.92 Å². The normalized spacial score (nSPS) is 12.1. The van der Waals surface area contributed by atoms with Crippen LogP contribution in [0.4, 0.5) is 0 Å². The molecule has 0 saturated carbocycles. The summed E-state index contributed by atoms with van der Waals surface area (Å²) in [5, 5.41) is 11.5. The van der Waals surface area contributed by atoms with Crippen molar-refractivity contribution < 1.29 is 19.1 Å². The maximum Gasteiger partial charge on any atom is 0.308 e. The summed E-state index contributed by atoms with van der Waals surface area (Å²) in [6.45, 7) is 1.98. The van der Waals surface area contributed by atoms with Crippen LogP contribution in [-0.2, 0) is 4.79 Å². The van der Waals surface area contributed by atoms with Crippen molar-refractivity contribution in [1.29, 1.82) is 0 Å². The lowest BCUT2D eigenvalue weighted by Gasteiger charge is -2.11. The third-order valence-electron chi connectivity index (χ3n) is 2.29. The molecular formula is C11H14ClNO4. The number of amides is 1. The summed E-state index contributed by atoms with van der Waals surface area (Å²) < 4.78 is 4.90. The van der Waals surface area contributed by atoms with Crippen molar-refractivity contribution in [3.63, 3.8) is 0 Å². The van der Waals surface area contributed by atoms with Crippen LogP contribution >= 0.6 is 11.6 Å². The van der Waals surface area contributed by atoms with E-state index in [9.17, 15) is 9.59 Å². The Morgan fingerprint density at radius 1 is 1.53 bits per heavy atom. The molecule has 0 spiro atoms. The maximum atomic E-state index is 11.5. The van der Waals surface area contributed by atoms with E-state index in [-0.39, 0.29) is 17.5 Å². The zero-order chi connectivity index (χ0) is 12.8. The minimum atomic E-state index is -0.912. The molecule has 0 saturated heterocycles. The van der Waals surface area contributed by atoms with Gasteiger partial charge in [-0.05, 0) is 30.2 Å². The van der Waals surface area contributed by atoms with Crippen molar-refractivity contribution in [1.82, 2.24) is 5.32 Å². The fourth-order valence-corrected chi connectivity index (χ4v) is 1.55. The van der Waals surface area contributed by atoms with Gasteiger partial charge in [-0.1, -0.05) is 13.3 Å². The van der Waals surface area contributed by atoms with Gasteiger partial charge in [-0.25, -0.2) is 0 Å². The lowest BCUT2D eigenvalue weighted by atomic mass is 10.0. The van der Waals surface area contributed by atoms with E-state index < -0.39 is 17.8 Å². The number of hydrogen-bond acceptors (Lipinski definition) is 3. The third kappa shape index (κ3) is 4.11. The van der Waals surface area contributed by atoms with Crippen LogP contribution in [0.2, 0.25) is 5.22 Å². The summed E-state index contributed by atoms with van der Waals surface area (Å²) in [6, 6.07) is 2.89. The van der Waals surface area contributed by atoms with Gasteiger partial charge in [-0.3, -0.25) is 9.59 Å². The Morgan fingerprint density at radius 3 is 2.71 bits per heavy atom. The molecular weight excluding hydrogens is 246 g/mol. The van der Waals surface area contributed by atoms with Crippen molar-refractivity contribution in [3.8, 4) is 0 Å². The molecule has 0 aromatic carbocycles. The number of carboxylic acids is 1. The van der Waals surface area contributed by atoms with Gasteiger partial charge in [0.15, 0.2) is 11.0 Å². The number of aliphatic carboxylic acids is 1. The average Bonchev–Trinajstić information content (AvgIpc) is 2.70. The molecule has 94 valence electrons. The second kappa shape index (κ2) is 6.30. The van der Waals surface area contributed by atoms with Gasteiger partial charge >= 0.3 is 5.97 Å². The summed E-state index contributed by atoms with van der Waals surface area (Å²) in [5.74, 6) is -1.87. The van der Waals surface area contributed by atoms with E-state index in [1.54, 1.807) is 0 Å². The SMILES string of the molecule is CCCC(CNC(=O)c1ccc(Cl)o1)C(=O)O. The van der Waals surface area contributed by atoms with Gasteiger partial charge in [0.1, 0.15) is 0 Å². The molecule has 5 nitrogen and oxygen atoms in total. The predicted molar refractivity (Wildman–Crippen MR) is 62.1 cm³/mol. The second-order valence-corrected chi connectivity index (χ2v) is 4.01. The highest BCUT2D eigenvalue weighted by Crippen LogP contribution is 2.13. The maximum absolute atomic E-state index is 11.5. The number of nitrogens with one attached hydrogen (secondary N) is 1. The Morgan fingerprint density at radius 2 is 2.24 bits per heavy atom. The second-order valence-electron chi connectivity index (χ2n) is 3.64. The van der Waals surface area contributed by atoms with Crippen LogP contribution < -0.4 is 5.32 Å². The predicted octanol–water partition coefficient (Wildman–Crippen LogP) is 2.16. The van der Waals surface area contributed by atoms with Crippen LogP contribution in [0.25, 0.3) is 0 Å². The summed E-state index contributed by atoms with van der Waals surface area (Å²) in [6.07, 6.45) is 1.27. The molecule has 0 bridgehead atoms. The number of carbonyl (C=O) groups excluding carboxylic acids is 1. The Balaban J connectivity index is 2.49. The van der Waals surface area contributed by atoms with Crippen LogP contribution in [-0.4, -0.2) is 23.5 Å². The number of carboxylic acid groups (broad SMARTS) is 1. The van der Waals surface area contributed by atoms with Crippen LogP contribution in [0.5, 0.6) is 0 Å². The van der Waals surface area contributed by atoms with Crippen molar-refractivity contribution in [3.05, 3.63) is 23.1 Å². The lowest BCUT2D eigenvalue weighted by Crippen LogP contribution is -2.32. The standard InChI is InChI=1S/C11H14ClNO4/c1-2-3-7(11(15)16)6-13-10(14)8-4-5-9(12)17-8/h4-5,7H,2-3,6H2,1H3,(H,13,14)(H,15,16). The van der Waals surface area contributed by atoms with E-state index in [0.29, 0.717) is 6.42 Å². The van der Waals surface area contributed by atoms with Crippen LogP contribution in [0.3, 0.4) is 0 Å². The Bertz CT molecular complexity index is 402. The molecule has 1 rings (SSSR count). The summed E-state index contributed by atoms with van der Waals surface area (Å²) in [7, 11) is 0. The van der Waals surface area contributed by atoms with E-state index in [1.807, 2.05) is 6.92 Å². The highest BCUT2D eigenvalue weighted by Gasteiger charge is 2.18. The van der Waals surface area contributed by atoms with E-state index >= 15 is 0 Å². The first kappa shape index (κ1) is 13.6. The van der Waals surface area contributed by atoms with Gasteiger partial charge in [0.25, 0.3) is 5.91 Å². The number of hydrogen-bond donors (Lipinski definition) is 2. The molecule has 0 radical (unpaired) electrons. The molecule has 17 heavy (non-hydrogen) atoms. The van der Waals surface area contributed by atoms with Gasteiger partial charge in [0.05, 0.1) is 5.92 Å². The monoisotopic (exact) mass is 259 g/mol. The largest absolute Gasteiger partial charge is 0.481 e. The van der Waals surface area contributed by atoms with E-state index in [1.165, 1.54) is 12.1 Å². The Labute approximate surface area is 104 Å². The molecule has 0 fully saturated rings. The molecule has 1 heterocycles. The smallest absolute Gasteiger partial charge is 0.308 e. The van der Waals surface area contributed by atoms with Crippen molar-refractivity contribution in [2.24, 2.45) is 5.92 Å². The molecule has 0 aliphatic carbocycles. The average molecular weight is 260 g/mol. The van der Waals surface area contributed by atoms with Gasteiger partial charge in [-0.2, -0.15) is 0 Å². The molecule has 2 N–H and O–H groups in total. The molecule has 1 aromatic rings. The van der Waals surface area contributed by atoms with Gasteiger partial charge < -0.3 is 14.8 Å². The van der Waals surface area contributed by atoms with Crippen molar-refractivity contribution in [2.75, 3.05) is 6.54 Å². The van der Waals surface area contributed by atoms with E-state index in [2.05, 4.69) is 5.32 Å². The number of halogens is 1. The lowest BCUT2D eigenvalue weighted by molar-refractivity contribution is -0.141. The van der Waals surface area contributed by atoms with Gasteiger partial charge in [-0.15, -0.1) is 0 Å². The minimum Gasteiger partial charge on any atom is -0.481 e.